The van der Waals surface area contributed by atoms with E-state index < -0.39 is 11.0 Å². The van der Waals surface area contributed by atoms with Crippen molar-refractivity contribution in [2.24, 2.45) is 0 Å². The van der Waals surface area contributed by atoms with Crippen LogP contribution in [0.1, 0.15) is 4.88 Å². The summed E-state index contributed by atoms with van der Waals surface area (Å²) in [5.74, 6) is 0. The lowest BCUT2D eigenvalue weighted by molar-refractivity contribution is -0.384. The monoisotopic (exact) mass is 277 g/mol. The Balaban J connectivity index is 1.91. The first-order valence-corrected chi connectivity index (χ1v) is 6.35. The third-order valence-electron chi connectivity index (χ3n) is 2.32. The Morgan fingerprint density at radius 1 is 1.32 bits per heavy atom. The third kappa shape index (κ3) is 3.78. The number of hydrogen-bond acceptors (Lipinski definition) is 4. The van der Waals surface area contributed by atoms with Gasteiger partial charge in [-0.1, -0.05) is 12.1 Å². The van der Waals surface area contributed by atoms with E-state index in [0.29, 0.717) is 12.2 Å². The number of amides is 2. The van der Waals surface area contributed by atoms with E-state index in [2.05, 4.69) is 10.6 Å². The van der Waals surface area contributed by atoms with Crippen LogP contribution >= 0.6 is 11.3 Å². The van der Waals surface area contributed by atoms with Crippen LogP contribution in [0.2, 0.25) is 0 Å². The van der Waals surface area contributed by atoms with Gasteiger partial charge in [-0.25, -0.2) is 4.79 Å². The molecule has 1 heterocycles. The van der Waals surface area contributed by atoms with E-state index in [-0.39, 0.29) is 5.69 Å². The van der Waals surface area contributed by atoms with Crippen LogP contribution < -0.4 is 10.6 Å². The number of nitro benzene ring substituents is 1. The molecule has 2 N–H and O–H groups in total. The van der Waals surface area contributed by atoms with Crippen molar-refractivity contribution in [1.82, 2.24) is 5.32 Å². The van der Waals surface area contributed by atoms with Gasteiger partial charge >= 0.3 is 6.03 Å². The fraction of sp³-hybridized carbons (Fsp3) is 0.0833. The normalized spacial score (nSPS) is 9.89. The standard InChI is InChI=1S/C12H11N3O3S/c16-12(13-8-11-5-2-6-19-11)14-9-3-1-4-10(7-9)15(17)18/h1-7H,8H2,(H2,13,14,16). The van der Waals surface area contributed by atoms with Crippen LogP contribution in [0.25, 0.3) is 0 Å². The summed E-state index contributed by atoms with van der Waals surface area (Å²) < 4.78 is 0. The summed E-state index contributed by atoms with van der Waals surface area (Å²) in [5, 5.41) is 17.7. The predicted molar refractivity (Wildman–Crippen MR) is 73.3 cm³/mol. The van der Waals surface area contributed by atoms with Crippen molar-refractivity contribution in [3.8, 4) is 0 Å². The highest BCUT2D eigenvalue weighted by molar-refractivity contribution is 7.09. The van der Waals surface area contributed by atoms with Crippen molar-refractivity contribution in [3.05, 3.63) is 56.8 Å². The second kappa shape index (κ2) is 5.96. The van der Waals surface area contributed by atoms with E-state index in [4.69, 9.17) is 0 Å². The predicted octanol–water partition coefficient (Wildman–Crippen LogP) is 2.98. The zero-order valence-corrected chi connectivity index (χ0v) is 10.6. The Morgan fingerprint density at radius 2 is 2.16 bits per heavy atom. The quantitative estimate of drug-likeness (QED) is 0.665. The molecule has 98 valence electrons. The summed E-state index contributed by atoms with van der Waals surface area (Å²) in [7, 11) is 0. The first kappa shape index (κ1) is 13.0. The van der Waals surface area contributed by atoms with Crippen LogP contribution in [-0.4, -0.2) is 11.0 Å². The number of urea groups is 1. The van der Waals surface area contributed by atoms with Crippen molar-refractivity contribution in [3.63, 3.8) is 0 Å². The molecule has 0 atom stereocenters. The molecule has 0 aliphatic rings. The Morgan fingerprint density at radius 3 is 2.84 bits per heavy atom. The minimum atomic E-state index is -0.505. The van der Waals surface area contributed by atoms with Crippen LogP contribution in [-0.2, 0) is 6.54 Å². The van der Waals surface area contributed by atoms with Crippen LogP contribution in [0.5, 0.6) is 0 Å². The molecule has 0 bridgehead atoms. The highest BCUT2D eigenvalue weighted by atomic mass is 32.1. The lowest BCUT2D eigenvalue weighted by atomic mass is 10.3. The number of anilines is 1. The van der Waals surface area contributed by atoms with Crippen molar-refractivity contribution in [2.45, 2.75) is 6.54 Å². The summed E-state index contributed by atoms with van der Waals surface area (Å²) in [6.45, 7) is 0.429. The summed E-state index contributed by atoms with van der Waals surface area (Å²) in [6, 6.07) is 9.22. The average molecular weight is 277 g/mol. The molecule has 0 spiro atoms. The Bertz CT molecular complexity index is 584. The van der Waals surface area contributed by atoms with Gasteiger partial charge in [-0.15, -0.1) is 11.3 Å². The number of hydrogen-bond donors (Lipinski definition) is 2. The molecular formula is C12H11N3O3S. The fourth-order valence-corrected chi connectivity index (χ4v) is 2.10. The minimum Gasteiger partial charge on any atom is -0.333 e. The molecule has 7 heteroatoms. The molecule has 1 aromatic carbocycles. The molecule has 0 saturated heterocycles. The average Bonchev–Trinajstić information content (AvgIpc) is 2.90. The molecule has 0 radical (unpaired) electrons. The lowest BCUT2D eigenvalue weighted by Gasteiger charge is -2.06. The van der Waals surface area contributed by atoms with Gasteiger partial charge in [0, 0.05) is 22.7 Å². The Kier molecular flexibility index (Phi) is 4.09. The van der Waals surface area contributed by atoms with Gasteiger partial charge in [0.05, 0.1) is 11.5 Å². The molecule has 2 rings (SSSR count). The highest BCUT2D eigenvalue weighted by Crippen LogP contribution is 2.16. The number of rotatable bonds is 4. The molecule has 0 unspecified atom stereocenters. The minimum absolute atomic E-state index is 0.0592. The molecule has 19 heavy (non-hydrogen) atoms. The molecular weight excluding hydrogens is 266 g/mol. The van der Waals surface area contributed by atoms with Gasteiger partial charge < -0.3 is 10.6 Å². The van der Waals surface area contributed by atoms with Gasteiger partial charge in [0.25, 0.3) is 5.69 Å². The van der Waals surface area contributed by atoms with Gasteiger partial charge in [0.1, 0.15) is 0 Å². The summed E-state index contributed by atoms with van der Waals surface area (Å²) in [4.78, 5) is 22.7. The van der Waals surface area contributed by atoms with Crippen LogP contribution in [0.4, 0.5) is 16.2 Å². The number of nitro groups is 1. The van der Waals surface area contributed by atoms with Crippen LogP contribution in [0.15, 0.2) is 41.8 Å². The number of carbonyl (C=O) groups excluding carboxylic acids is 1. The maximum Gasteiger partial charge on any atom is 0.319 e. The van der Waals surface area contributed by atoms with E-state index in [1.165, 1.54) is 18.2 Å². The Labute approximate surface area is 113 Å². The van der Waals surface area contributed by atoms with Crippen molar-refractivity contribution < 1.29 is 9.72 Å². The number of thiophene rings is 1. The summed E-state index contributed by atoms with van der Waals surface area (Å²) in [6.07, 6.45) is 0. The number of nitrogens with zero attached hydrogens (tertiary/aromatic N) is 1. The second-order valence-electron chi connectivity index (χ2n) is 3.69. The smallest absolute Gasteiger partial charge is 0.319 e. The van der Waals surface area contributed by atoms with Crippen molar-refractivity contribution in [2.75, 3.05) is 5.32 Å². The summed E-state index contributed by atoms with van der Waals surface area (Å²) in [5.41, 5.74) is 0.328. The number of benzene rings is 1. The SMILES string of the molecule is O=C(NCc1cccs1)Nc1cccc([N+](=O)[O-])c1. The maximum atomic E-state index is 11.6. The molecule has 2 aromatic rings. The first-order valence-electron chi connectivity index (χ1n) is 5.47. The van der Waals surface area contributed by atoms with Crippen LogP contribution in [0, 0.1) is 10.1 Å². The number of non-ortho nitro benzene ring substituents is 1. The zero-order chi connectivity index (χ0) is 13.7. The van der Waals surface area contributed by atoms with Gasteiger partial charge in [0.2, 0.25) is 0 Å². The first-order chi connectivity index (χ1) is 9.15. The van der Waals surface area contributed by atoms with Gasteiger partial charge in [-0.3, -0.25) is 10.1 Å². The van der Waals surface area contributed by atoms with E-state index >= 15 is 0 Å². The second-order valence-corrected chi connectivity index (χ2v) is 4.73. The van der Waals surface area contributed by atoms with E-state index in [0.717, 1.165) is 4.88 Å². The molecule has 0 saturated carbocycles. The molecule has 1 aromatic heterocycles. The molecule has 6 nitrogen and oxygen atoms in total. The van der Waals surface area contributed by atoms with Crippen molar-refractivity contribution >= 4 is 28.7 Å². The lowest BCUT2D eigenvalue weighted by Crippen LogP contribution is -2.27. The molecule has 0 fully saturated rings. The number of nitrogens with one attached hydrogen (secondary N) is 2. The van der Waals surface area contributed by atoms with Crippen LogP contribution in [0.3, 0.4) is 0 Å². The maximum absolute atomic E-state index is 11.6. The van der Waals surface area contributed by atoms with Gasteiger partial charge in [0.15, 0.2) is 0 Å². The molecule has 0 aliphatic carbocycles. The highest BCUT2D eigenvalue weighted by Gasteiger charge is 2.07. The number of carbonyl (C=O) groups is 1. The largest absolute Gasteiger partial charge is 0.333 e. The molecule has 2 amide bonds. The third-order valence-corrected chi connectivity index (χ3v) is 3.19. The van der Waals surface area contributed by atoms with E-state index in [1.54, 1.807) is 17.4 Å². The van der Waals surface area contributed by atoms with Crippen molar-refractivity contribution in [1.29, 1.82) is 0 Å². The Hall–Kier alpha value is -2.41. The van der Waals surface area contributed by atoms with Gasteiger partial charge in [-0.2, -0.15) is 0 Å². The fourth-order valence-electron chi connectivity index (χ4n) is 1.45. The topological polar surface area (TPSA) is 84.3 Å². The van der Waals surface area contributed by atoms with Gasteiger partial charge in [-0.05, 0) is 17.5 Å². The summed E-state index contributed by atoms with van der Waals surface area (Å²) >= 11 is 1.55. The molecule has 0 aliphatic heterocycles. The van der Waals surface area contributed by atoms with E-state index in [9.17, 15) is 14.9 Å². The zero-order valence-electron chi connectivity index (χ0n) is 9.83. The van der Waals surface area contributed by atoms with E-state index in [1.807, 2.05) is 17.5 Å².